The number of hydrogen-bond acceptors (Lipinski definition) is 6. The molecule has 3 aromatic heterocycles. The number of amides is 4. The first-order valence-electron chi connectivity index (χ1n) is 14.3. The Hall–Kier alpha value is -5.21. The number of hydrogen-bond donors (Lipinski definition) is 4. The van der Waals surface area contributed by atoms with Gasteiger partial charge in [-0.2, -0.15) is 0 Å². The molecule has 0 unspecified atom stereocenters. The molecule has 1 saturated heterocycles. The van der Waals surface area contributed by atoms with E-state index in [0.29, 0.717) is 42.5 Å². The summed E-state index contributed by atoms with van der Waals surface area (Å²) >= 11 is 0. The predicted molar refractivity (Wildman–Crippen MR) is 166 cm³/mol. The van der Waals surface area contributed by atoms with Gasteiger partial charge in [0.25, 0.3) is 23.6 Å². The van der Waals surface area contributed by atoms with Crippen molar-refractivity contribution in [3.63, 3.8) is 0 Å². The summed E-state index contributed by atoms with van der Waals surface area (Å²) in [5.74, 6) is -2.44. The van der Waals surface area contributed by atoms with Crippen molar-refractivity contribution in [1.82, 2.24) is 23.9 Å². The number of nitrogens with one attached hydrogen (secondary N) is 4. The van der Waals surface area contributed by atoms with E-state index < -0.39 is 23.5 Å². The van der Waals surface area contributed by atoms with Crippen molar-refractivity contribution >= 4 is 40.7 Å². The minimum atomic E-state index is -0.652. The van der Waals surface area contributed by atoms with Crippen molar-refractivity contribution in [3.8, 4) is 0 Å². The molecule has 1 aliphatic heterocycles. The second kappa shape index (κ2) is 13.6. The number of nitrogens with zero attached hydrogens (tertiary/aromatic N) is 4. The third kappa shape index (κ3) is 7.48. The fourth-order valence-corrected chi connectivity index (χ4v) is 5.05. The summed E-state index contributed by atoms with van der Waals surface area (Å²) in [6, 6.07) is 10.2. The number of carbonyl (C=O) groups excluding carboxylic acids is 4. The summed E-state index contributed by atoms with van der Waals surface area (Å²) < 4.78 is 24.1. The zero-order chi connectivity index (χ0) is 32.1. The fraction of sp³-hybridized carbons (Fsp3) is 0.290. The van der Waals surface area contributed by atoms with Gasteiger partial charge in [0.1, 0.15) is 22.9 Å². The van der Waals surface area contributed by atoms with Gasteiger partial charge in [-0.15, -0.1) is 0 Å². The van der Waals surface area contributed by atoms with Crippen LogP contribution in [0.25, 0.3) is 0 Å². The fourth-order valence-electron chi connectivity index (χ4n) is 5.05. The van der Waals surface area contributed by atoms with Crippen LogP contribution in [0.3, 0.4) is 0 Å². The van der Waals surface area contributed by atoms with Gasteiger partial charge in [-0.3, -0.25) is 24.1 Å². The van der Waals surface area contributed by atoms with Crippen LogP contribution in [0.5, 0.6) is 0 Å². The second-order valence-electron chi connectivity index (χ2n) is 10.7. The molecule has 0 radical (unpaired) electrons. The Morgan fingerprint density at radius 2 is 1.18 bits per heavy atom. The molecule has 5 rings (SSSR count). The number of aromatic nitrogens is 3. The summed E-state index contributed by atoms with van der Waals surface area (Å²) in [4.78, 5) is 53.6. The van der Waals surface area contributed by atoms with Gasteiger partial charge in [-0.1, -0.05) is 12.1 Å². The monoisotopic (exact) mass is 618 g/mol. The molecule has 4 aromatic rings. The third-order valence-corrected chi connectivity index (χ3v) is 7.42. The van der Waals surface area contributed by atoms with Gasteiger partial charge >= 0.3 is 0 Å². The van der Waals surface area contributed by atoms with Crippen molar-refractivity contribution in [2.75, 3.05) is 55.3 Å². The molecule has 4 N–H and O–H groups in total. The first kappa shape index (κ1) is 31.2. The van der Waals surface area contributed by atoms with E-state index in [9.17, 15) is 23.6 Å². The molecule has 0 aliphatic carbocycles. The van der Waals surface area contributed by atoms with E-state index in [1.54, 1.807) is 54.8 Å². The maximum Gasteiger partial charge on any atom is 0.272 e. The van der Waals surface area contributed by atoms with Gasteiger partial charge in [0.15, 0.2) is 0 Å². The molecule has 13 nitrogen and oxygen atoms in total. The molecule has 1 fully saturated rings. The van der Waals surface area contributed by atoms with Crippen LogP contribution >= 0.6 is 0 Å². The lowest BCUT2D eigenvalue weighted by Crippen LogP contribution is -2.41. The number of benzene rings is 1. The van der Waals surface area contributed by atoms with Crippen molar-refractivity contribution in [3.05, 3.63) is 89.5 Å². The van der Waals surface area contributed by atoms with Crippen LogP contribution in [0.4, 0.5) is 21.5 Å². The number of halogens is 1. The standard InChI is InChI=1S/C31H35FN8O5/c1-37-18-21(14-25(37)29(42)33-8-9-40-10-12-45-13-11-40)35-31(44)27-16-22(19-39(27)3)36-30(43)26-15-20(17-38(26)2)34-28(41)23-6-4-5-7-24(23)32/h4-7,14-19H,8-13H2,1-3H3,(H,33,42)(H,34,41)(H,35,44)(H,36,43). The lowest BCUT2D eigenvalue weighted by atomic mass is 10.2. The van der Waals surface area contributed by atoms with E-state index in [1.807, 2.05) is 0 Å². The van der Waals surface area contributed by atoms with Gasteiger partial charge in [-0.25, -0.2) is 4.39 Å². The molecule has 0 saturated carbocycles. The first-order valence-corrected chi connectivity index (χ1v) is 14.3. The molecule has 4 heterocycles. The smallest absolute Gasteiger partial charge is 0.272 e. The van der Waals surface area contributed by atoms with Crippen LogP contribution < -0.4 is 21.3 Å². The molecule has 1 aromatic carbocycles. The van der Waals surface area contributed by atoms with Crippen LogP contribution in [0.15, 0.2) is 61.1 Å². The molecule has 45 heavy (non-hydrogen) atoms. The molecule has 236 valence electrons. The van der Waals surface area contributed by atoms with Crippen molar-refractivity contribution in [2.45, 2.75) is 0 Å². The lowest BCUT2D eigenvalue weighted by molar-refractivity contribution is 0.0383. The summed E-state index contributed by atoms with van der Waals surface area (Å²) in [5, 5.41) is 11.1. The highest BCUT2D eigenvalue weighted by Crippen LogP contribution is 2.20. The molecule has 0 atom stereocenters. The van der Waals surface area contributed by atoms with E-state index in [-0.39, 0.29) is 22.9 Å². The summed E-state index contributed by atoms with van der Waals surface area (Å²) in [5.41, 5.74) is 1.93. The van der Waals surface area contributed by atoms with Gasteiger partial charge in [0.05, 0.1) is 35.8 Å². The van der Waals surface area contributed by atoms with Crippen LogP contribution in [-0.4, -0.2) is 81.6 Å². The highest BCUT2D eigenvalue weighted by atomic mass is 19.1. The number of rotatable bonds is 10. The number of morpholine rings is 1. The van der Waals surface area contributed by atoms with Crippen LogP contribution in [-0.2, 0) is 25.9 Å². The van der Waals surface area contributed by atoms with Crippen molar-refractivity contribution in [2.24, 2.45) is 21.1 Å². The summed E-state index contributed by atoms with van der Waals surface area (Å²) in [6.07, 6.45) is 4.78. The number of carbonyl (C=O) groups is 4. The minimum absolute atomic E-state index is 0.114. The Bertz CT molecular complexity index is 1730. The molecular weight excluding hydrogens is 583 g/mol. The SMILES string of the molecule is Cn1cc(NC(=O)c2cc(NC(=O)c3cc(NC(=O)c4ccccc4F)cn3C)cn2C)cc1C(=O)NCCN1CCOCC1. The van der Waals surface area contributed by atoms with E-state index in [1.165, 1.54) is 41.1 Å². The van der Waals surface area contributed by atoms with Crippen LogP contribution in [0.2, 0.25) is 0 Å². The molecule has 1 aliphatic rings. The van der Waals surface area contributed by atoms with E-state index >= 15 is 0 Å². The topological polar surface area (TPSA) is 144 Å². The zero-order valence-corrected chi connectivity index (χ0v) is 25.2. The Kier molecular flexibility index (Phi) is 9.45. The zero-order valence-electron chi connectivity index (χ0n) is 25.2. The minimum Gasteiger partial charge on any atom is -0.379 e. The maximum absolute atomic E-state index is 14.0. The largest absolute Gasteiger partial charge is 0.379 e. The molecule has 0 spiro atoms. The van der Waals surface area contributed by atoms with E-state index in [2.05, 4.69) is 26.2 Å². The van der Waals surface area contributed by atoms with Crippen LogP contribution in [0, 0.1) is 5.82 Å². The first-order chi connectivity index (χ1) is 21.6. The van der Waals surface area contributed by atoms with Crippen molar-refractivity contribution in [1.29, 1.82) is 0 Å². The Morgan fingerprint density at radius 1 is 0.711 bits per heavy atom. The summed E-state index contributed by atoms with van der Waals surface area (Å²) in [7, 11) is 5.03. The average Bonchev–Trinajstić information content (AvgIpc) is 3.68. The van der Waals surface area contributed by atoms with Crippen molar-refractivity contribution < 1.29 is 28.3 Å². The van der Waals surface area contributed by atoms with Gasteiger partial charge in [0.2, 0.25) is 0 Å². The Morgan fingerprint density at radius 3 is 1.69 bits per heavy atom. The lowest BCUT2D eigenvalue weighted by Gasteiger charge is -2.26. The number of ether oxygens (including phenoxy) is 1. The maximum atomic E-state index is 14.0. The van der Waals surface area contributed by atoms with Gasteiger partial charge in [0, 0.05) is 65.9 Å². The second-order valence-corrected chi connectivity index (χ2v) is 10.7. The van der Waals surface area contributed by atoms with Gasteiger partial charge in [-0.05, 0) is 30.3 Å². The highest BCUT2D eigenvalue weighted by molar-refractivity contribution is 6.08. The molecule has 14 heteroatoms. The highest BCUT2D eigenvalue weighted by Gasteiger charge is 2.20. The molecular formula is C31H35FN8O5. The normalized spacial score (nSPS) is 13.3. The summed E-state index contributed by atoms with van der Waals surface area (Å²) in [6.45, 7) is 4.29. The number of anilines is 3. The van der Waals surface area contributed by atoms with E-state index in [0.717, 1.165) is 19.6 Å². The molecule has 4 amide bonds. The molecule has 0 bridgehead atoms. The van der Waals surface area contributed by atoms with Crippen LogP contribution in [0.1, 0.15) is 41.8 Å². The Labute approximate surface area is 258 Å². The van der Waals surface area contributed by atoms with E-state index in [4.69, 9.17) is 4.74 Å². The predicted octanol–water partition coefficient (Wildman–Crippen LogP) is 2.66. The quantitative estimate of drug-likeness (QED) is 0.215. The van der Waals surface area contributed by atoms with Gasteiger partial charge < -0.3 is 39.7 Å². The average molecular weight is 619 g/mol. The number of aryl methyl sites for hydroxylation is 3. The Balaban J connectivity index is 1.17. The third-order valence-electron chi connectivity index (χ3n) is 7.42.